The Morgan fingerprint density at radius 2 is 2.58 bits per heavy atom. The molecule has 66 valence electrons. The summed E-state index contributed by atoms with van der Waals surface area (Å²) in [5, 5.41) is 5.72. The molecular weight excluding hydrogens is 173 g/mol. The smallest absolute Gasteiger partial charge is 0.184 e. The lowest BCUT2D eigenvalue weighted by Gasteiger charge is -2.18. The molecule has 6 heteroatoms. The van der Waals surface area contributed by atoms with Gasteiger partial charge in [0.2, 0.25) is 0 Å². The summed E-state index contributed by atoms with van der Waals surface area (Å²) in [4.78, 5) is 0. The number of ether oxygens (including phenoxy) is 1. The second-order valence-electron chi connectivity index (χ2n) is 3.48. The first-order valence-electron chi connectivity index (χ1n) is 4.08. The lowest BCUT2D eigenvalue weighted by atomic mass is 9.93. The molecule has 0 aromatic carbocycles. The van der Waals surface area contributed by atoms with Gasteiger partial charge in [-0.2, -0.15) is 0 Å². The van der Waals surface area contributed by atoms with Crippen LogP contribution in [-0.2, 0) is 4.74 Å². The Morgan fingerprint density at radius 1 is 1.92 bits per heavy atom. The topological polar surface area (TPSA) is 39.8 Å². The summed E-state index contributed by atoms with van der Waals surface area (Å²) in [5.74, 6) is 0. The van der Waals surface area contributed by atoms with Crippen LogP contribution in [-0.4, -0.2) is 42.8 Å². The molecule has 2 N–H and O–H groups in total. The SMILES string of the molecule is BC1OC1(C)CN1NCNC1=S. The predicted octanol–water partition coefficient (Wildman–Crippen LogP) is -1.61. The van der Waals surface area contributed by atoms with Crippen molar-refractivity contribution in [3.8, 4) is 0 Å². The zero-order valence-electron chi connectivity index (χ0n) is 7.26. The number of hydrogen-bond donors (Lipinski definition) is 2. The number of hydrazine groups is 1. The number of nitrogens with one attached hydrogen (secondary N) is 2. The number of rotatable bonds is 2. The van der Waals surface area contributed by atoms with Crippen LogP contribution in [0.2, 0.25) is 0 Å². The molecule has 0 radical (unpaired) electrons. The monoisotopic (exact) mass is 185 g/mol. The van der Waals surface area contributed by atoms with E-state index in [1.54, 1.807) is 0 Å². The second-order valence-corrected chi connectivity index (χ2v) is 3.86. The number of thiocarbonyl (C=S) groups is 1. The van der Waals surface area contributed by atoms with Crippen molar-refractivity contribution in [3.05, 3.63) is 0 Å². The largest absolute Gasteiger partial charge is 0.374 e. The van der Waals surface area contributed by atoms with E-state index >= 15 is 0 Å². The third-order valence-corrected chi connectivity index (χ3v) is 2.84. The zero-order chi connectivity index (χ0) is 8.77. The maximum atomic E-state index is 5.45. The van der Waals surface area contributed by atoms with E-state index in [1.165, 1.54) is 0 Å². The first-order valence-corrected chi connectivity index (χ1v) is 4.49. The highest BCUT2D eigenvalue weighted by atomic mass is 32.1. The minimum Gasteiger partial charge on any atom is -0.374 e. The van der Waals surface area contributed by atoms with Gasteiger partial charge in [-0.15, -0.1) is 0 Å². The average molecular weight is 185 g/mol. The van der Waals surface area contributed by atoms with Gasteiger partial charge >= 0.3 is 0 Å². The molecule has 4 nitrogen and oxygen atoms in total. The maximum Gasteiger partial charge on any atom is 0.184 e. The minimum absolute atomic E-state index is 0.0108. The van der Waals surface area contributed by atoms with Crippen LogP contribution in [0.3, 0.4) is 0 Å². The molecule has 0 spiro atoms. The molecule has 0 aromatic heterocycles. The molecule has 2 aliphatic heterocycles. The third-order valence-electron chi connectivity index (χ3n) is 2.48. The van der Waals surface area contributed by atoms with Crippen LogP contribution in [0, 0.1) is 0 Å². The van der Waals surface area contributed by atoms with Gasteiger partial charge in [0.05, 0.1) is 19.2 Å². The van der Waals surface area contributed by atoms with E-state index in [9.17, 15) is 0 Å². The Balaban J connectivity index is 1.91. The molecule has 0 amide bonds. The van der Waals surface area contributed by atoms with Crippen molar-refractivity contribution in [1.82, 2.24) is 15.8 Å². The van der Waals surface area contributed by atoms with Gasteiger partial charge in [0.25, 0.3) is 0 Å². The normalized spacial score (nSPS) is 39.9. The number of epoxide rings is 1. The summed E-state index contributed by atoms with van der Waals surface area (Å²) in [6.45, 7) is 3.64. The fraction of sp³-hybridized carbons (Fsp3) is 0.833. The highest BCUT2D eigenvalue weighted by Gasteiger charge is 2.50. The Kier molecular flexibility index (Phi) is 1.78. The fourth-order valence-electron chi connectivity index (χ4n) is 1.36. The molecule has 12 heavy (non-hydrogen) atoms. The van der Waals surface area contributed by atoms with Crippen LogP contribution >= 0.6 is 12.2 Å². The number of hydrogen-bond acceptors (Lipinski definition) is 3. The lowest BCUT2D eigenvalue weighted by Crippen LogP contribution is -2.41. The van der Waals surface area contributed by atoms with Gasteiger partial charge in [-0.3, -0.25) is 5.01 Å². The van der Waals surface area contributed by atoms with Gasteiger partial charge < -0.3 is 10.1 Å². The molecule has 2 fully saturated rings. The summed E-state index contributed by atoms with van der Waals surface area (Å²) in [7, 11) is 2.08. The van der Waals surface area contributed by atoms with Crippen LogP contribution in [0.4, 0.5) is 0 Å². The van der Waals surface area contributed by atoms with Crippen molar-refractivity contribution in [1.29, 1.82) is 0 Å². The lowest BCUT2D eigenvalue weighted by molar-refractivity contribution is 0.235. The molecule has 2 aliphatic rings. The van der Waals surface area contributed by atoms with Crippen LogP contribution in [0.1, 0.15) is 6.92 Å². The minimum atomic E-state index is -0.0108. The molecule has 0 aromatic rings. The van der Waals surface area contributed by atoms with Crippen LogP contribution in [0.5, 0.6) is 0 Å². The molecule has 0 aliphatic carbocycles. The summed E-state index contributed by atoms with van der Waals surface area (Å²) in [6, 6.07) is 0.350. The van der Waals surface area contributed by atoms with E-state index in [4.69, 9.17) is 17.0 Å². The Labute approximate surface area is 78.0 Å². The summed E-state index contributed by atoms with van der Waals surface area (Å²) in [5.41, 5.74) is 3.11. The van der Waals surface area contributed by atoms with Gasteiger partial charge in [0.1, 0.15) is 13.4 Å². The van der Waals surface area contributed by atoms with Crippen LogP contribution in [0.25, 0.3) is 0 Å². The zero-order valence-corrected chi connectivity index (χ0v) is 8.07. The van der Waals surface area contributed by atoms with Gasteiger partial charge in [-0.1, -0.05) is 0 Å². The van der Waals surface area contributed by atoms with Crippen molar-refractivity contribution in [2.24, 2.45) is 0 Å². The predicted molar refractivity (Wildman–Crippen MR) is 52.3 cm³/mol. The molecule has 2 unspecified atom stereocenters. The van der Waals surface area contributed by atoms with E-state index in [-0.39, 0.29) is 5.60 Å². The van der Waals surface area contributed by atoms with E-state index in [1.807, 2.05) is 5.01 Å². The standard InChI is InChI=1S/C6H12BN3OS/c1-6(4(7)11-6)2-10-5(12)8-3-9-10/h4,9H,2-3,7H2,1H3,(H,8,12). The van der Waals surface area contributed by atoms with Crippen LogP contribution in [0.15, 0.2) is 0 Å². The molecule has 0 bridgehead atoms. The summed E-state index contributed by atoms with van der Waals surface area (Å²) >= 11 is 5.07. The van der Waals surface area contributed by atoms with E-state index in [0.717, 1.165) is 18.3 Å². The van der Waals surface area contributed by atoms with Gasteiger partial charge in [0.15, 0.2) is 5.11 Å². The average Bonchev–Trinajstić information content (AvgIpc) is 2.40. The summed E-state index contributed by atoms with van der Waals surface area (Å²) in [6.07, 6.45) is 0. The van der Waals surface area contributed by atoms with Gasteiger partial charge in [-0.25, -0.2) is 5.43 Å². The maximum absolute atomic E-state index is 5.45. The van der Waals surface area contributed by atoms with Crippen molar-refractivity contribution in [3.63, 3.8) is 0 Å². The fourth-order valence-corrected chi connectivity index (χ4v) is 1.56. The third kappa shape index (κ3) is 1.30. The van der Waals surface area contributed by atoms with Crippen LogP contribution < -0.4 is 10.7 Å². The molecular formula is C6H12BN3OS. The van der Waals surface area contributed by atoms with Gasteiger partial charge in [0, 0.05) is 0 Å². The highest BCUT2D eigenvalue weighted by molar-refractivity contribution is 7.80. The van der Waals surface area contributed by atoms with E-state index in [0.29, 0.717) is 6.00 Å². The van der Waals surface area contributed by atoms with E-state index in [2.05, 4.69) is 25.5 Å². The highest BCUT2D eigenvalue weighted by Crippen LogP contribution is 2.33. The Bertz CT molecular complexity index is 227. The second kappa shape index (κ2) is 2.58. The molecule has 2 rings (SSSR count). The van der Waals surface area contributed by atoms with Gasteiger partial charge in [-0.05, 0) is 19.1 Å². The van der Waals surface area contributed by atoms with Crippen molar-refractivity contribution in [2.75, 3.05) is 13.2 Å². The first kappa shape index (κ1) is 8.28. The molecule has 2 atom stereocenters. The first-order chi connectivity index (χ1) is 5.62. The Hall–Kier alpha value is -0.325. The van der Waals surface area contributed by atoms with Crippen molar-refractivity contribution in [2.45, 2.75) is 18.5 Å². The quantitative estimate of drug-likeness (QED) is 0.307. The van der Waals surface area contributed by atoms with Crippen molar-refractivity contribution < 1.29 is 4.74 Å². The number of nitrogens with zero attached hydrogens (tertiary/aromatic N) is 1. The molecule has 2 saturated heterocycles. The van der Waals surface area contributed by atoms with E-state index < -0.39 is 0 Å². The molecule has 2 heterocycles. The summed E-state index contributed by atoms with van der Waals surface area (Å²) < 4.78 is 5.45. The van der Waals surface area contributed by atoms with Crippen molar-refractivity contribution >= 4 is 25.2 Å². The molecule has 0 saturated carbocycles. The Morgan fingerprint density at radius 3 is 3.00 bits per heavy atom.